The predicted octanol–water partition coefficient (Wildman–Crippen LogP) is 5.44. The molecule has 0 aromatic rings. The molecule has 250 valence electrons. The Hall–Kier alpha value is -1.48. The number of carboxylic acid groups (broad SMARTS) is 1. The molecule has 5 rings (SSSR count). The van der Waals surface area contributed by atoms with Crippen LogP contribution in [0.5, 0.6) is 0 Å². The van der Waals surface area contributed by atoms with Gasteiger partial charge in [-0.3, -0.25) is 9.59 Å². The molecule has 0 unspecified atom stereocenters. The van der Waals surface area contributed by atoms with Gasteiger partial charge < -0.3 is 30.4 Å². The summed E-state index contributed by atoms with van der Waals surface area (Å²) in [6, 6.07) is 0. The van der Waals surface area contributed by atoms with E-state index in [1.165, 1.54) is 12.5 Å². The smallest absolute Gasteiger partial charge is 0.307 e. The highest BCUT2D eigenvalue weighted by Gasteiger charge is 2.72. The molecule has 2 bridgehead atoms. The maximum absolute atomic E-state index is 13.3. The van der Waals surface area contributed by atoms with Crippen molar-refractivity contribution in [2.45, 2.75) is 106 Å². The number of carbonyl (C=O) groups excluding carboxylic acids is 1. The van der Waals surface area contributed by atoms with Gasteiger partial charge in [0.05, 0.1) is 25.7 Å². The predicted molar refractivity (Wildman–Crippen MR) is 171 cm³/mol. The van der Waals surface area contributed by atoms with Gasteiger partial charge in [-0.05, 0) is 78.4 Å². The van der Waals surface area contributed by atoms with E-state index in [4.69, 9.17) is 19.9 Å². The molecule has 8 heteroatoms. The van der Waals surface area contributed by atoms with Gasteiger partial charge in [0, 0.05) is 37.4 Å². The molecule has 0 aromatic heterocycles. The van der Waals surface area contributed by atoms with Gasteiger partial charge in [-0.1, -0.05) is 60.1 Å². The number of ether oxygens (including phenoxy) is 3. The summed E-state index contributed by atoms with van der Waals surface area (Å²) in [4.78, 5) is 25.8. The topological polar surface area (TPSA) is 120 Å². The first-order valence-corrected chi connectivity index (χ1v) is 17.3. The molecule has 44 heavy (non-hydrogen) atoms. The molecule has 4 N–H and O–H groups in total. The Bertz CT molecular complexity index is 1140. The van der Waals surface area contributed by atoms with Crippen molar-refractivity contribution in [3.05, 3.63) is 11.6 Å². The van der Waals surface area contributed by atoms with Gasteiger partial charge in [0.15, 0.2) is 0 Å². The molecule has 5 aliphatic rings. The Morgan fingerprint density at radius 1 is 1.09 bits per heavy atom. The maximum Gasteiger partial charge on any atom is 0.307 e. The van der Waals surface area contributed by atoms with E-state index < -0.39 is 11.9 Å². The summed E-state index contributed by atoms with van der Waals surface area (Å²) in [5.41, 5.74) is 5.77. The first-order valence-electron chi connectivity index (χ1n) is 17.3. The molecule has 0 aromatic carbocycles. The third-order valence-corrected chi connectivity index (χ3v) is 14.3. The van der Waals surface area contributed by atoms with Crippen molar-refractivity contribution in [1.82, 2.24) is 5.32 Å². The van der Waals surface area contributed by atoms with Gasteiger partial charge >= 0.3 is 11.9 Å². The number of carboxylic acids is 1. The van der Waals surface area contributed by atoms with Gasteiger partial charge in [-0.15, -0.1) is 0 Å². The van der Waals surface area contributed by atoms with E-state index in [1.807, 2.05) is 0 Å². The zero-order valence-electron chi connectivity index (χ0n) is 28.7. The highest BCUT2D eigenvalue weighted by molar-refractivity contribution is 5.73. The summed E-state index contributed by atoms with van der Waals surface area (Å²) >= 11 is 0. The molecule has 0 spiro atoms. The fourth-order valence-electron chi connectivity index (χ4n) is 11.7. The van der Waals surface area contributed by atoms with Crippen LogP contribution in [-0.2, 0) is 23.8 Å². The summed E-state index contributed by atoms with van der Waals surface area (Å²) in [6.45, 7) is 21.2. The van der Waals surface area contributed by atoms with Crippen LogP contribution in [0.1, 0.15) is 93.9 Å². The first kappa shape index (κ1) is 33.9. The Kier molecular flexibility index (Phi) is 9.20. The summed E-state index contributed by atoms with van der Waals surface area (Å²) in [5, 5.41) is 14.2. The van der Waals surface area contributed by atoms with Crippen LogP contribution in [0.15, 0.2) is 11.6 Å². The number of allylic oxidation sites excluding steroid dienone is 1. The van der Waals surface area contributed by atoms with Crippen molar-refractivity contribution in [3.63, 3.8) is 0 Å². The van der Waals surface area contributed by atoms with E-state index in [0.717, 1.165) is 38.6 Å². The average molecular weight is 617 g/mol. The van der Waals surface area contributed by atoms with Crippen molar-refractivity contribution >= 4 is 11.9 Å². The van der Waals surface area contributed by atoms with Crippen molar-refractivity contribution in [3.8, 4) is 0 Å². The number of hydrogen-bond acceptors (Lipinski definition) is 7. The minimum Gasteiger partial charge on any atom is -0.481 e. The second-order valence-electron chi connectivity index (χ2n) is 16.5. The average Bonchev–Trinajstić information content (AvgIpc) is 2.93. The lowest BCUT2D eigenvalue weighted by molar-refractivity contribution is -0.266. The van der Waals surface area contributed by atoms with Crippen LogP contribution in [0.4, 0.5) is 0 Å². The number of nitrogens with two attached hydrogens (primary N) is 1. The summed E-state index contributed by atoms with van der Waals surface area (Å²) in [5.74, 6) is 0.0163. The summed E-state index contributed by atoms with van der Waals surface area (Å²) in [7, 11) is 0. The van der Waals surface area contributed by atoms with Crippen LogP contribution in [0.3, 0.4) is 0 Å². The molecule has 0 radical (unpaired) electrons. The molecule has 0 amide bonds. The van der Waals surface area contributed by atoms with E-state index in [9.17, 15) is 14.7 Å². The first-order chi connectivity index (χ1) is 20.6. The van der Waals surface area contributed by atoms with Gasteiger partial charge in [-0.25, -0.2) is 0 Å². The lowest BCUT2D eigenvalue weighted by atomic mass is 9.34. The van der Waals surface area contributed by atoms with Gasteiger partial charge in [0.1, 0.15) is 12.2 Å². The van der Waals surface area contributed by atoms with E-state index in [-0.39, 0.29) is 51.2 Å². The van der Waals surface area contributed by atoms with Crippen LogP contribution >= 0.6 is 0 Å². The zero-order chi connectivity index (χ0) is 32.3. The van der Waals surface area contributed by atoms with E-state index in [2.05, 4.69) is 59.9 Å². The summed E-state index contributed by atoms with van der Waals surface area (Å²) < 4.78 is 19.2. The second kappa shape index (κ2) is 12.0. The molecular weight excluding hydrogens is 556 g/mol. The minimum atomic E-state index is -0.640. The van der Waals surface area contributed by atoms with Crippen LogP contribution in [-0.4, -0.2) is 68.7 Å². The Morgan fingerprint density at radius 3 is 2.45 bits per heavy atom. The number of aliphatic carboxylic acids is 1. The lowest BCUT2D eigenvalue weighted by Crippen LogP contribution is -2.70. The van der Waals surface area contributed by atoms with Gasteiger partial charge in [-0.2, -0.15) is 0 Å². The van der Waals surface area contributed by atoms with Crippen molar-refractivity contribution in [2.24, 2.45) is 62.4 Å². The minimum absolute atomic E-state index is 0.150. The monoisotopic (exact) mass is 616 g/mol. The molecular formula is C36H60N2O6. The SMILES string of the molecule is CC(=O)O[C@@H]1C[C@@]23COC[C@@](C)([C@@H]2CC[C@H]2C3=CC[C@@]3(C)[C@H](C(=O)O)[C@@](C)([C@H](C)C(C)C)CC[C@]23C)[C@H]1OCCNCCN. The number of rotatable bonds is 10. The number of esters is 1. The normalized spacial score (nSPS) is 45.4. The molecule has 8 nitrogen and oxygen atoms in total. The van der Waals surface area contributed by atoms with E-state index >= 15 is 0 Å². The third-order valence-electron chi connectivity index (χ3n) is 14.3. The quantitative estimate of drug-likeness (QED) is 0.169. The highest BCUT2D eigenvalue weighted by Crippen LogP contribution is 2.75. The second-order valence-corrected chi connectivity index (χ2v) is 16.5. The Morgan fingerprint density at radius 2 is 1.82 bits per heavy atom. The molecule has 11 atom stereocenters. The largest absolute Gasteiger partial charge is 0.481 e. The fraction of sp³-hybridized carbons (Fsp3) is 0.889. The van der Waals surface area contributed by atoms with E-state index in [1.54, 1.807) is 0 Å². The number of carbonyl (C=O) groups is 2. The lowest BCUT2D eigenvalue weighted by Gasteiger charge is -2.71. The Labute approximate surface area is 265 Å². The molecule has 1 aliphatic heterocycles. The molecule has 1 saturated heterocycles. The molecule has 4 aliphatic carbocycles. The van der Waals surface area contributed by atoms with Gasteiger partial charge in [0.25, 0.3) is 0 Å². The van der Waals surface area contributed by atoms with Crippen molar-refractivity contribution < 1.29 is 28.9 Å². The number of nitrogens with one attached hydrogen (secondary N) is 1. The third kappa shape index (κ3) is 4.91. The number of hydrogen-bond donors (Lipinski definition) is 3. The van der Waals surface area contributed by atoms with Crippen LogP contribution in [0, 0.1) is 56.7 Å². The maximum atomic E-state index is 13.3. The van der Waals surface area contributed by atoms with Crippen LogP contribution < -0.4 is 11.1 Å². The van der Waals surface area contributed by atoms with Crippen LogP contribution in [0.25, 0.3) is 0 Å². The van der Waals surface area contributed by atoms with Gasteiger partial charge in [0.2, 0.25) is 0 Å². The number of fused-ring (bicyclic) bond motifs is 3. The molecule has 3 saturated carbocycles. The van der Waals surface area contributed by atoms with Crippen molar-refractivity contribution in [2.75, 3.05) is 39.5 Å². The summed E-state index contributed by atoms with van der Waals surface area (Å²) in [6.07, 6.45) is 7.31. The fourth-order valence-corrected chi connectivity index (χ4v) is 11.7. The van der Waals surface area contributed by atoms with E-state index in [0.29, 0.717) is 57.1 Å². The zero-order valence-corrected chi connectivity index (χ0v) is 28.7. The molecule has 4 fully saturated rings. The molecule has 1 heterocycles. The highest BCUT2D eigenvalue weighted by atomic mass is 16.6. The van der Waals surface area contributed by atoms with Crippen LogP contribution in [0.2, 0.25) is 0 Å². The Balaban J connectivity index is 1.54. The standard InChI is InChI=1S/C36H60N2O6/c1-22(2)23(3)32(5)13-14-34(7)25-9-10-28-33(6)20-42-21-36(28,26(25)11-12-35(34,8)29(32)31(40)41)19-27(44-24(4)39)30(33)43-18-17-38-16-15-37/h11,22-23,25,27-30,38H,9-10,12-21,37H2,1-8H3,(H,40,41)/t23-,25+,27-,28+,29-,30+,32-,33+,34-,35+,36+/m1/s1. The van der Waals surface area contributed by atoms with Crippen molar-refractivity contribution in [1.29, 1.82) is 0 Å².